The highest BCUT2D eigenvalue weighted by atomic mass is 16.5. The van der Waals surface area contributed by atoms with Crippen molar-refractivity contribution in [3.8, 4) is 11.5 Å². The fourth-order valence-electron chi connectivity index (χ4n) is 4.41. The second kappa shape index (κ2) is 6.43. The van der Waals surface area contributed by atoms with Crippen LogP contribution in [0.2, 0.25) is 0 Å². The fourth-order valence-corrected chi connectivity index (χ4v) is 4.41. The molecule has 1 fully saturated rings. The topological polar surface area (TPSA) is 38.8 Å². The first-order chi connectivity index (χ1) is 12.2. The predicted molar refractivity (Wildman–Crippen MR) is 96.0 cm³/mol. The minimum absolute atomic E-state index is 0.250. The highest BCUT2D eigenvalue weighted by Crippen LogP contribution is 2.47. The molecule has 0 N–H and O–H groups in total. The lowest BCUT2D eigenvalue weighted by Crippen LogP contribution is -2.36. The molecule has 1 amide bonds. The Bertz CT molecular complexity index is 787. The molecule has 4 heteroatoms. The SMILES string of the molecule is COc1ccc2c(c1OC)CCC1C2CC(=O)N1Cc1ccccc1. The summed E-state index contributed by atoms with van der Waals surface area (Å²) in [5.41, 5.74) is 3.64. The molecule has 0 radical (unpaired) electrons. The van der Waals surface area contributed by atoms with Crippen LogP contribution in [0, 0.1) is 0 Å². The lowest BCUT2D eigenvalue weighted by atomic mass is 9.79. The molecule has 0 spiro atoms. The minimum atomic E-state index is 0.250. The van der Waals surface area contributed by atoms with Crippen LogP contribution in [0.3, 0.4) is 0 Å². The molecule has 2 aromatic rings. The standard InChI is InChI=1S/C21H23NO3/c1-24-19-11-9-15-16(21(19)25-2)8-10-18-17(15)12-20(23)22(18)13-14-6-4-3-5-7-14/h3-7,9,11,17-18H,8,10,12-13H2,1-2H3. The van der Waals surface area contributed by atoms with Crippen molar-refractivity contribution in [2.24, 2.45) is 0 Å². The van der Waals surface area contributed by atoms with Gasteiger partial charge in [-0.3, -0.25) is 4.79 Å². The third-order valence-electron chi connectivity index (χ3n) is 5.55. The lowest BCUT2D eigenvalue weighted by Gasteiger charge is -2.34. The van der Waals surface area contributed by atoms with Crippen LogP contribution in [-0.2, 0) is 17.8 Å². The van der Waals surface area contributed by atoms with Gasteiger partial charge < -0.3 is 14.4 Å². The van der Waals surface area contributed by atoms with E-state index < -0.39 is 0 Å². The summed E-state index contributed by atoms with van der Waals surface area (Å²) in [6.07, 6.45) is 2.47. The number of amides is 1. The van der Waals surface area contributed by atoms with E-state index in [1.165, 1.54) is 16.7 Å². The van der Waals surface area contributed by atoms with E-state index in [-0.39, 0.29) is 17.9 Å². The minimum Gasteiger partial charge on any atom is -0.493 e. The zero-order chi connectivity index (χ0) is 17.4. The van der Waals surface area contributed by atoms with Gasteiger partial charge in [-0.15, -0.1) is 0 Å². The van der Waals surface area contributed by atoms with E-state index in [1.807, 2.05) is 24.3 Å². The van der Waals surface area contributed by atoms with Crippen molar-refractivity contribution in [1.82, 2.24) is 4.90 Å². The molecule has 4 nitrogen and oxygen atoms in total. The Kier molecular flexibility index (Phi) is 4.12. The van der Waals surface area contributed by atoms with Gasteiger partial charge in [-0.05, 0) is 30.0 Å². The van der Waals surface area contributed by atoms with Gasteiger partial charge in [-0.25, -0.2) is 0 Å². The van der Waals surface area contributed by atoms with Crippen LogP contribution < -0.4 is 9.47 Å². The van der Waals surface area contributed by atoms with Crippen LogP contribution in [0.4, 0.5) is 0 Å². The Morgan fingerprint density at radius 1 is 1.08 bits per heavy atom. The molecule has 2 atom stereocenters. The Labute approximate surface area is 148 Å². The van der Waals surface area contributed by atoms with Crippen molar-refractivity contribution in [3.05, 3.63) is 59.2 Å². The third-order valence-corrected chi connectivity index (χ3v) is 5.55. The molecule has 2 unspecified atom stereocenters. The molecule has 2 aromatic carbocycles. The molecule has 25 heavy (non-hydrogen) atoms. The van der Waals surface area contributed by atoms with Crippen molar-refractivity contribution in [1.29, 1.82) is 0 Å². The Hall–Kier alpha value is -2.49. The summed E-state index contributed by atoms with van der Waals surface area (Å²) in [6, 6.07) is 14.6. The van der Waals surface area contributed by atoms with E-state index in [0.29, 0.717) is 13.0 Å². The van der Waals surface area contributed by atoms with Crippen LogP contribution in [0.15, 0.2) is 42.5 Å². The normalized spacial score (nSPS) is 21.7. The summed E-state index contributed by atoms with van der Waals surface area (Å²) in [4.78, 5) is 14.8. The first-order valence-electron chi connectivity index (χ1n) is 8.80. The second-order valence-corrected chi connectivity index (χ2v) is 6.79. The van der Waals surface area contributed by atoms with Gasteiger partial charge in [-0.2, -0.15) is 0 Å². The van der Waals surface area contributed by atoms with E-state index in [1.54, 1.807) is 14.2 Å². The Morgan fingerprint density at radius 2 is 1.88 bits per heavy atom. The predicted octanol–water partition coefficient (Wildman–Crippen LogP) is 3.53. The van der Waals surface area contributed by atoms with Crippen molar-refractivity contribution in [3.63, 3.8) is 0 Å². The molecule has 1 aliphatic heterocycles. The molecule has 1 aliphatic carbocycles. The number of hydrogen-bond acceptors (Lipinski definition) is 3. The van der Waals surface area contributed by atoms with E-state index in [2.05, 4.69) is 23.1 Å². The van der Waals surface area contributed by atoms with E-state index in [9.17, 15) is 4.79 Å². The average molecular weight is 337 g/mol. The van der Waals surface area contributed by atoms with Gasteiger partial charge in [0.15, 0.2) is 11.5 Å². The smallest absolute Gasteiger partial charge is 0.223 e. The summed E-state index contributed by atoms with van der Waals surface area (Å²) >= 11 is 0. The van der Waals surface area contributed by atoms with Crippen LogP contribution in [-0.4, -0.2) is 31.1 Å². The number of fused-ring (bicyclic) bond motifs is 3. The number of benzene rings is 2. The maximum atomic E-state index is 12.7. The van der Waals surface area contributed by atoms with Crippen LogP contribution >= 0.6 is 0 Å². The van der Waals surface area contributed by atoms with Gasteiger partial charge in [-0.1, -0.05) is 36.4 Å². The number of nitrogens with zero attached hydrogens (tertiary/aromatic N) is 1. The Morgan fingerprint density at radius 3 is 2.60 bits per heavy atom. The molecule has 1 saturated heterocycles. The summed E-state index contributed by atoms with van der Waals surface area (Å²) in [5, 5.41) is 0. The number of carbonyl (C=O) groups excluding carboxylic acids is 1. The van der Waals surface area contributed by atoms with Gasteiger partial charge in [0.1, 0.15) is 0 Å². The van der Waals surface area contributed by atoms with Crippen molar-refractivity contribution < 1.29 is 14.3 Å². The summed E-state index contributed by atoms with van der Waals surface area (Å²) < 4.78 is 11.0. The number of likely N-dealkylation sites (tertiary alicyclic amines) is 1. The number of carbonyl (C=O) groups is 1. The molecule has 0 saturated carbocycles. The molecule has 2 aliphatic rings. The molecule has 0 bridgehead atoms. The highest BCUT2D eigenvalue weighted by Gasteiger charge is 2.44. The van der Waals surface area contributed by atoms with Crippen molar-refractivity contribution >= 4 is 5.91 Å². The van der Waals surface area contributed by atoms with Gasteiger partial charge in [0.05, 0.1) is 14.2 Å². The quantitative estimate of drug-likeness (QED) is 0.857. The third kappa shape index (κ3) is 2.66. The first-order valence-corrected chi connectivity index (χ1v) is 8.80. The van der Waals surface area contributed by atoms with Gasteiger partial charge >= 0.3 is 0 Å². The molecular formula is C21H23NO3. The largest absolute Gasteiger partial charge is 0.493 e. The second-order valence-electron chi connectivity index (χ2n) is 6.79. The van der Waals surface area contributed by atoms with E-state index in [4.69, 9.17) is 9.47 Å². The maximum Gasteiger partial charge on any atom is 0.223 e. The fraction of sp³-hybridized carbons (Fsp3) is 0.381. The molecular weight excluding hydrogens is 314 g/mol. The monoisotopic (exact) mass is 337 g/mol. The van der Waals surface area contributed by atoms with E-state index >= 15 is 0 Å². The van der Waals surface area contributed by atoms with Gasteiger partial charge in [0.25, 0.3) is 0 Å². The lowest BCUT2D eigenvalue weighted by molar-refractivity contribution is -0.129. The molecule has 130 valence electrons. The van der Waals surface area contributed by atoms with Crippen LogP contribution in [0.1, 0.15) is 35.4 Å². The van der Waals surface area contributed by atoms with Gasteiger partial charge in [0, 0.05) is 30.5 Å². The number of rotatable bonds is 4. The van der Waals surface area contributed by atoms with Gasteiger partial charge in [0.2, 0.25) is 5.91 Å². The zero-order valence-corrected chi connectivity index (χ0v) is 14.7. The van der Waals surface area contributed by atoms with Crippen LogP contribution in [0.25, 0.3) is 0 Å². The van der Waals surface area contributed by atoms with Crippen molar-refractivity contribution in [2.45, 2.75) is 37.8 Å². The number of methoxy groups -OCH3 is 2. The average Bonchev–Trinajstić information content (AvgIpc) is 2.97. The van der Waals surface area contributed by atoms with Crippen molar-refractivity contribution in [2.75, 3.05) is 14.2 Å². The number of ether oxygens (including phenoxy) is 2. The molecule has 0 aromatic heterocycles. The molecule has 1 heterocycles. The highest BCUT2D eigenvalue weighted by molar-refractivity contribution is 5.81. The summed E-state index contributed by atoms with van der Waals surface area (Å²) in [7, 11) is 3.35. The maximum absolute atomic E-state index is 12.7. The summed E-state index contributed by atoms with van der Waals surface area (Å²) in [6.45, 7) is 0.698. The Balaban J connectivity index is 1.66. The first kappa shape index (κ1) is 16.0. The number of hydrogen-bond donors (Lipinski definition) is 0. The van der Waals surface area contributed by atoms with Crippen LogP contribution in [0.5, 0.6) is 11.5 Å². The zero-order valence-electron chi connectivity index (χ0n) is 14.7. The van der Waals surface area contributed by atoms with E-state index in [0.717, 1.165) is 24.3 Å². The summed E-state index contributed by atoms with van der Waals surface area (Å²) in [5.74, 6) is 2.10. The molecule has 4 rings (SSSR count).